The van der Waals surface area contributed by atoms with Gasteiger partial charge in [-0.2, -0.15) is 0 Å². The Morgan fingerprint density at radius 3 is 2.60 bits per heavy atom. The molecule has 4 rings (SSSR count). The molecule has 1 unspecified atom stereocenters. The highest BCUT2D eigenvalue weighted by Crippen LogP contribution is 2.44. The summed E-state index contributed by atoms with van der Waals surface area (Å²) in [5, 5.41) is 19.8. The van der Waals surface area contributed by atoms with Crippen molar-refractivity contribution in [1.29, 1.82) is 0 Å². The molecular weight excluding hydrogens is 254 g/mol. The number of aliphatic hydroxyl groups excluding tert-OH is 1. The molecule has 108 valence electrons. The molecule has 2 aliphatic heterocycles. The first kappa shape index (κ1) is 13.6. The highest BCUT2D eigenvalue weighted by Gasteiger charge is 2.51. The first-order valence-electron chi connectivity index (χ1n) is 7.33. The summed E-state index contributed by atoms with van der Waals surface area (Å²) in [7, 11) is 0. The number of rotatable bonds is 3. The van der Waals surface area contributed by atoms with Crippen LogP contribution in [-0.2, 0) is 4.79 Å². The minimum Gasteiger partial charge on any atom is -0.480 e. The number of aliphatic hydroxyl groups is 1. The minimum atomic E-state index is -0.755. The molecule has 4 heteroatoms. The topological polar surface area (TPSA) is 60.8 Å². The van der Waals surface area contributed by atoms with Crippen LogP contribution in [0.15, 0.2) is 30.3 Å². The zero-order chi connectivity index (χ0) is 14.3. The molecule has 20 heavy (non-hydrogen) atoms. The summed E-state index contributed by atoms with van der Waals surface area (Å²) in [4.78, 5) is 13.7. The summed E-state index contributed by atoms with van der Waals surface area (Å²) in [6, 6.07) is 9.47. The van der Waals surface area contributed by atoms with E-state index in [-0.39, 0.29) is 18.0 Å². The van der Waals surface area contributed by atoms with Gasteiger partial charge in [0.2, 0.25) is 0 Å². The Labute approximate surface area is 119 Å². The van der Waals surface area contributed by atoms with Gasteiger partial charge in [-0.1, -0.05) is 30.3 Å². The predicted molar refractivity (Wildman–Crippen MR) is 75.3 cm³/mol. The number of nitrogens with zero attached hydrogens (tertiary/aromatic N) is 1. The van der Waals surface area contributed by atoms with Gasteiger partial charge in [-0.05, 0) is 37.7 Å². The summed E-state index contributed by atoms with van der Waals surface area (Å²) in [6.45, 7) is 2.04. The number of benzene rings is 1. The van der Waals surface area contributed by atoms with Gasteiger partial charge in [0, 0.05) is 12.1 Å². The van der Waals surface area contributed by atoms with E-state index in [4.69, 9.17) is 0 Å². The van der Waals surface area contributed by atoms with Crippen molar-refractivity contribution in [2.24, 2.45) is 5.92 Å². The molecule has 1 aromatic carbocycles. The number of carboxylic acids is 1. The summed E-state index contributed by atoms with van der Waals surface area (Å²) in [6.07, 6.45) is 2.04. The second kappa shape index (κ2) is 5.19. The second-order valence-electron chi connectivity index (χ2n) is 6.02. The third-order valence-electron chi connectivity index (χ3n) is 4.95. The van der Waals surface area contributed by atoms with Gasteiger partial charge < -0.3 is 10.2 Å². The quantitative estimate of drug-likeness (QED) is 0.886. The SMILES string of the molecule is CC(c1ccccc1)N1[C@H](C(=O)O)[C@@H]2CC[C@H]1[C@@H](O)C2. The second-order valence-corrected chi connectivity index (χ2v) is 6.02. The molecule has 2 saturated heterocycles. The van der Waals surface area contributed by atoms with E-state index in [0.717, 1.165) is 18.4 Å². The standard InChI is InChI=1S/C16H21NO3/c1-10(11-5-3-2-4-6-11)17-13-8-7-12(9-14(13)18)15(17)16(19)20/h2-6,10,12-15,18H,7-9H2,1H3,(H,19,20)/t10?,12-,13+,14+,15+/m1/s1. The van der Waals surface area contributed by atoms with E-state index in [1.807, 2.05) is 42.2 Å². The van der Waals surface area contributed by atoms with E-state index in [1.165, 1.54) is 0 Å². The van der Waals surface area contributed by atoms with Crippen molar-refractivity contribution in [2.45, 2.75) is 50.4 Å². The van der Waals surface area contributed by atoms with Crippen molar-refractivity contribution >= 4 is 5.97 Å². The largest absolute Gasteiger partial charge is 0.480 e. The number of hydrogen-bond acceptors (Lipinski definition) is 3. The summed E-state index contributed by atoms with van der Waals surface area (Å²) in [5.74, 6) is -0.687. The summed E-state index contributed by atoms with van der Waals surface area (Å²) < 4.78 is 0. The molecule has 2 heterocycles. The first-order valence-corrected chi connectivity index (χ1v) is 7.33. The van der Waals surface area contributed by atoms with Gasteiger partial charge in [0.05, 0.1) is 6.10 Å². The number of carboxylic acid groups (broad SMARTS) is 1. The van der Waals surface area contributed by atoms with Gasteiger partial charge >= 0.3 is 5.97 Å². The molecule has 1 aliphatic carbocycles. The zero-order valence-electron chi connectivity index (χ0n) is 11.6. The van der Waals surface area contributed by atoms with Crippen LogP contribution in [0.25, 0.3) is 0 Å². The van der Waals surface area contributed by atoms with Crippen molar-refractivity contribution in [1.82, 2.24) is 4.90 Å². The molecule has 1 saturated carbocycles. The lowest BCUT2D eigenvalue weighted by molar-refractivity contribution is -0.165. The predicted octanol–water partition coefficient (Wildman–Crippen LogP) is 2.05. The molecule has 1 aromatic rings. The van der Waals surface area contributed by atoms with Crippen molar-refractivity contribution in [3.63, 3.8) is 0 Å². The average Bonchev–Trinajstić information content (AvgIpc) is 2.46. The molecule has 0 radical (unpaired) electrons. The summed E-state index contributed by atoms with van der Waals surface area (Å²) in [5.41, 5.74) is 1.11. The van der Waals surface area contributed by atoms with Crippen molar-refractivity contribution in [3.8, 4) is 0 Å². The fourth-order valence-corrected chi connectivity index (χ4v) is 4.01. The number of fused-ring (bicyclic) bond motifs is 3. The third kappa shape index (κ3) is 2.13. The van der Waals surface area contributed by atoms with Crippen LogP contribution < -0.4 is 0 Å². The number of hydrogen-bond donors (Lipinski definition) is 2. The third-order valence-corrected chi connectivity index (χ3v) is 4.95. The van der Waals surface area contributed by atoms with Crippen LogP contribution in [0.4, 0.5) is 0 Å². The van der Waals surface area contributed by atoms with Gasteiger partial charge in [0.15, 0.2) is 0 Å². The van der Waals surface area contributed by atoms with Gasteiger partial charge in [-0.25, -0.2) is 0 Å². The maximum Gasteiger partial charge on any atom is 0.321 e. The van der Waals surface area contributed by atoms with Crippen molar-refractivity contribution in [2.75, 3.05) is 0 Å². The Morgan fingerprint density at radius 1 is 1.30 bits per heavy atom. The molecule has 3 fully saturated rings. The average molecular weight is 275 g/mol. The van der Waals surface area contributed by atoms with Crippen LogP contribution in [0, 0.1) is 5.92 Å². The molecule has 2 N–H and O–H groups in total. The molecule has 5 atom stereocenters. The highest BCUT2D eigenvalue weighted by molar-refractivity contribution is 5.74. The molecule has 3 aliphatic rings. The van der Waals surface area contributed by atoms with Gasteiger partial charge in [0.25, 0.3) is 0 Å². The Bertz CT molecular complexity index is 490. The van der Waals surface area contributed by atoms with E-state index in [9.17, 15) is 15.0 Å². The van der Waals surface area contributed by atoms with Crippen LogP contribution in [0.2, 0.25) is 0 Å². The van der Waals surface area contributed by atoms with Crippen LogP contribution in [0.1, 0.15) is 37.8 Å². The Kier molecular flexibility index (Phi) is 3.52. The maximum absolute atomic E-state index is 11.7. The smallest absolute Gasteiger partial charge is 0.321 e. The van der Waals surface area contributed by atoms with Crippen LogP contribution in [0.5, 0.6) is 0 Å². The van der Waals surface area contributed by atoms with Crippen LogP contribution in [-0.4, -0.2) is 39.3 Å². The number of carbonyl (C=O) groups is 1. The Balaban J connectivity index is 1.94. The fourth-order valence-electron chi connectivity index (χ4n) is 4.01. The van der Waals surface area contributed by atoms with Gasteiger partial charge in [-0.15, -0.1) is 0 Å². The monoisotopic (exact) mass is 275 g/mol. The Hall–Kier alpha value is -1.39. The van der Waals surface area contributed by atoms with E-state index in [0.29, 0.717) is 6.42 Å². The number of piperidine rings is 2. The highest BCUT2D eigenvalue weighted by atomic mass is 16.4. The van der Waals surface area contributed by atoms with E-state index < -0.39 is 18.1 Å². The van der Waals surface area contributed by atoms with Crippen LogP contribution >= 0.6 is 0 Å². The van der Waals surface area contributed by atoms with E-state index >= 15 is 0 Å². The lowest BCUT2D eigenvalue weighted by Gasteiger charge is -2.54. The maximum atomic E-state index is 11.7. The van der Waals surface area contributed by atoms with Crippen LogP contribution in [0.3, 0.4) is 0 Å². The van der Waals surface area contributed by atoms with E-state index in [2.05, 4.69) is 0 Å². The van der Waals surface area contributed by atoms with Crippen molar-refractivity contribution < 1.29 is 15.0 Å². The zero-order valence-corrected chi connectivity index (χ0v) is 11.6. The normalized spacial score (nSPS) is 34.9. The molecule has 0 amide bonds. The van der Waals surface area contributed by atoms with Crippen molar-refractivity contribution in [3.05, 3.63) is 35.9 Å². The molecular formula is C16H21NO3. The van der Waals surface area contributed by atoms with Gasteiger partial charge in [-0.3, -0.25) is 9.69 Å². The lowest BCUT2D eigenvalue weighted by atomic mass is 9.72. The molecule has 0 aromatic heterocycles. The van der Waals surface area contributed by atoms with Gasteiger partial charge in [0.1, 0.15) is 6.04 Å². The number of aliphatic carboxylic acids is 1. The fraction of sp³-hybridized carbons (Fsp3) is 0.562. The molecule has 2 bridgehead atoms. The lowest BCUT2D eigenvalue weighted by Crippen LogP contribution is -2.63. The summed E-state index contributed by atoms with van der Waals surface area (Å²) >= 11 is 0. The first-order chi connectivity index (χ1) is 9.59. The minimum absolute atomic E-state index is 0.0139. The molecule has 0 spiro atoms. The molecule has 4 nitrogen and oxygen atoms in total. The Morgan fingerprint density at radius 2 is 2.00 bits per heavy atom. The van der Waals surface area contributed by atoms with E-state index in [1.54, 1.807) is 0 Å².